The standard InChI is InChI=1S/C22H19F3N2O2/c1-2-20(28)27-11-9-17-15(13-27)12-19(21-18(17)4-3-10-26-21)14-5-7-16(8-6-14)29-22(23,24)25/h2-8,12,26H,1,9-11,13H2. The molecule has 1 amide bonds. The zero-order valence-electron chi connectivity index (χ0n) is 15.6. The zero-order valence-corrected chi connectivity index (χ0v) is 15.6. The lowest BCUT2D eigenvalue weighted by Gasteiger charge is -2.32. The Bertz CT molecular complexity index is 995. The second kappa shape index (κ2) is 7.31. The smallest absolute Gasteiger partial charge is 0.406 e. The molecule has 0 saturated carbocycles. The number of amides is 1. The topological polar surface area (TPSA) is 41.6 Å². The summed E-state index contributed by atoms with van der Waals surface area (Å²) in [6.45, 7) is 5.33. The van der Waals surface area contributed by atoms with Gasteiger partial charge < -0.3 is 15.0 Å². The van der Waals surface area contributed by atoms with Crippen LogP contribution in [0, 0.1) is 0 Å². The number of nitrogens with one attached hydrogen (secondary N) is 1. The number of halogens is 3. The molecule has 0 unspecified atom stereocenters. The van der Waals surface area contributed by atoms with E-state index < -0.39 is 6.36 Å². The molecule has 0 aromatic heterocycles. The molecule has 29 heavy (non-hydrogen) atoms. The van der Waals surface area contributed by atoms with Crippen LogP contribution in [0.1, 0.15) is 16.7 Å². The molecule has 1 N–H and O–H groups in total. The van der Waals surface area contributed by atoms with Crippen LogP contribution in [-0.2, 0) is 17.8 Å². The number of fused-ring (bicyclic) bond motifs is 3. The minimum atomic E-state index is -4.72. The van der Waals surface area contributed by atoms with Crippen molar-refractivity contribution in [3.8, 4) is 16.9 Å². The summed E-state index contributed by atoms with van der Waals surface area (Å²) in [6.07, 6.45) is 1.43. The highest BCUT2D eigenvalue weighted by atomic mass is 19.4. The molecule has 0 spiro atoms. The Balaban J connectivity index is 1.75. The molecule has 0 fully saturated rings. The lowest BCUT2D eigenvalue weighted by molar-refractivity contribution is -0.274. The highest BCUT2D eigenvalue weighted by Gasteiger charge is 2.31. The number of hydrogen-bond acceptors (Lipinski definition) is 3. The van der Waals surface area contributed by atoms with Gasteiger partial charge in [-0.05, 0) is 47.4 Å². The van der Waals surface area contributed by atoms with Crippen molar-refractivity contribution in [1.29, 1.82) is 0 Å². The number of carbonyl (C=O) groups is 1. The van der Waals surface area contributed by atoms with Crippen molar-refractivity contribution in [2.75, 3.05) is 18.4 Å². The average Bonchev–Trinajstić information content (AvgIpc) is 2.71. The molecular formula is C22H19F3N2O2. The second-order valence-corrected chi connectivity index (χ2v) is 6.92. The van der Waals surface area contributed by atoms with E-state index >= 15 is 0 Å². The lowest BCUT2D eigenvalue weighted by Crippen LogP contribution is -2.35. The number of anilines is 1. The molecule has 4 rings (SSSR count). The summed E-state index contributed by atoms with van der Waals surface area (Å²) in [4.78, 5) is 13.8. The van der Waals surface area contributed by atoms with Gasteiger partial charge in [-0.25, -0.2) is 0 Å². The Kier molecular flexibility index (Phi) is 4.82. The van der Waals surface area contributed by atoms with Gasteiger partial charge in [-0.3, -0.25) is 4.79 Å². The first-order valence-corrected chi connectivity index (χ1v) is 9.22. The summed E-state index contributed by atoms with van der Waals surface area (Å²) in [5, 5.41) is 3.38. The van der Waals surface area contributed by atoms with Crippen molar-refractivity contribution in [1.82, 2.24) is 4.90 Å². The van der Waals surface area contributed by atoms with E-state index in [-0.39, 0.29) is 11.7 Å². The van der Waals surface area contributed by atoms with Crippen LogP contribution < -0.4 is 10.1 Å². The first-order chi connectivity index (χ1) is 13.9. The Hall–Kier alpha value is -3.22. The number of ether oxygens (including phenoxy) is 1. The Morgan fingerprint density at radius 1 is 1.24 bits per heavy atom. The van der Waals surface area contributed by atoms with Crippen LogP contribution >= 0.6 is 0 Å². The minimum Gasteiger partial charge on any atom is -0.406 e. The lowest BCUT2D eigenvalue weighted by atomic mass is 9.87. The summed E-state index contributed by atoms with van der Waals surface area (Å²) in [5.74, 6) is -0.374. The molecule has 2 heterocycles. The number of rotatable bonds is 3. The number of carbonyl (C=O) groups excluding carboxylic acids is 1. The highest BCUT2D eigenvalue weighted by molar-refractivity contribution is 5.90. The number of hydrogen-bond donors (Lipinski definition) is 1. The zero-order chi connectivity index (χ0) is 20.6. The third kappa shape index (κ3) is 3.85. The average molecular weight is 400 g/mol. The van der Waals surface area contributed by atoms with Crippen molar-refractivity contribution in [2.24, 2.45) is 0 Å². The van der Waals surface area contributed by atoms with Crippen LogP contribution in [0.4, 0.5) is 18.9 Å². The third-order valence-electron chi connectivity index (χ3n) is 5.13. The van der Waals surface area contributed by atoms with Gasteiger partial charge in [0.1, 0.15) is 5.75 Å². The quantitative estimate of drug-likeness (QED) is 0.756. The molecule has 7 heteroatoms. The highest BCUT2D eigenvalue weighted by Crippen LogP contribution is 2.40. The van der Waals surface area contributed by atoms with Gasteiger partial charge in [0, 0.05) is 36.4 Å². The summed E-state index contributed by atoms with van der Waals surface area (Å²) >= 11 is 0. The molecule has 4 nitrogen and oxygen atoms in total. The normalized spacial score (nSPS) is 15.2. The molecule has 2 aliphatic rings. The second-order valence-electron chi connectivity index (χ2n) is 6.92. The predicted octanol–water partition coefficient (Wildman–Crippen LogP) is 4.76. The van der Waals surface area contributed by atoms with Gasteiger partial charge >= 0.3 is 6.36 Å². The van der Waals surface area contributed by atoms with Gasteiger partial charge in [-0.2, -0.15) is 0 Å². The van der Waals surface area contributed by atoms with Gasteiger partial charge in [-0.15, -0.1) is 13.2 Å². The largest absolute Gasteiger partial charge is 0.573 e. The van der Waals surface area contributed by atoms with Gasteiger partial charge in [0.25, 0.3) is 0 Å². The number of nitrogens with zero attached hydrogens (tertiary/aromatic N) is 1. The fourth-order valence-corrected chi connectivity index (χ4v) is 3.86. The van der Waals surface area contributed by atoms with Gasteiger partial charge in [0.2, 0.25) is 5.91 Å². The Morgan fingerprint density at radius 2 is 2.00 bits per heavy atom. The van der Waals surface area contributed by atoms with Crippen LogP contribution in [-0.4, -0.2) is 30.3 Å². The monoisotopic (exact) mass is 400 g/mol. The number of benzene rings is 2. The molecule has 2 aromatic rings. The maximum atomic E-state index is 12.4. The molecule has 0 radical (unpaired) electrons. The SMILES string of the molecule is C=CC(=O)N1CCc2c(cc(-c3ccc(OC(F)(F)F)cc3)c3c2C=CCN3)C1. The van der Waals surface area contributed by atoms with Crippen molar-refractivity contribution < 1.29 is 22.7 Å². The molecule has 0 saturated heterocycles. The minimum absolute atomic E-state index is 0.114. The molecule has 0 aliphatic carbocycles. The number of alkyl halides is 3. The molecular weight excluding hydrogens is 381 g/mol. The Morgan fingerprint density at radius 3 is 2.69 bits per heavy atom. The fraction of sp³-hybridized carbons (Fsp3) is 0.227. The summed E-state index contributed by atoms with van der Waals surface area (Å²) in [6, 6.07) is 7.85. The van der Waals surface area contributed by atoms with E-state index in [2.05, 4.69) is 22.7 Å². The van der Waals surface area contributed by atoms with Crippen LogP contribution in [0.2, 0.25) is 0 Å². The first-order valence-electron chi connectivity index (χ1n) is 9.22. The van der Waals surface area contributed by atoms with Gasteiger partial charge in [-0.1, -0.05) is 30.9 Å². The first kappa shape index (κ1) is 19.1. The third-order valence-corrected chi connectivity index (χ3v) is 5.13. The van der Waals surface area contributed by atoms with E-state index in [1.165, 1.54) is 23.8 Å². The van der Waals surface area contributed by atoms with Crippen molar-refractivity contribution in [3.05, 3.63) is 65.8 Å². The predicted molar refractivity (Wildman–Crippen MR) is 105 cm³/mol. The van der Waals surface area contributed by atoms with E-state index in [4.69, 9.17) is 0 Å². The maximum Gasteiger partial charge on any atom is 0.573 e. The molecule has 2 aliphatic heterocycles. The molecule has 0 bridgehead atoms. The van der Waals surface area contributed by atoms with E-state index in [9.17, 15) is 18.0 Å². The van der Waals surface area contributed by atoms with Gasteiger partial charge in [0.05, 0.1) is 0 Å². The van der Waals surface area contributed by atoms with Crippen LogP contribution in [0.5, 0.6) is 5.75 Å². The summed E-state index contributed by atoms with van der Waals surface area (Å²) in [5.41, 5.74) is 5.91. The maximum absolute atomic E-state index is 12.4. The fourth-order valence-electron chi connectivity index (χ4n) is 3.86. The van der Waals surface area contributed by atoms with Crippen LogP contribution in [0.15, 0.2) is 49.1 Å². The Labute approximate surface area is 166 Å². The molecule has 2 aromatic carbocycles. The van der Waals surface area contributed by atoms with E-state index in [0.717, 1.165) is 34.4 Å². The summed E-state index contributed by atoms with van der Waals surface area (Å²) < 4.78 is 41.3. The van der Waals surface area contributed by atoms with Crippen molar-refractivity contribution in [2.45, 2.75) is 19.3 Å². The summed E-state index contributed by atoms with van der Waals surface area (Å²) in [7, 11) is 0. The van der Waals surface area contributed by atoms with Crippen molar-refractivity contribution in [3.63, 3.8) is 0 Å². The van der Waals surface area contributed by atoms with Gasteiger partial charge in [0.15, 0.2) is 0 Å². The van der Waals surface area contributed by atoms with Crippen molar-refractivity contribution >= 4 is 17.7 Å². The van der Waals surface area contributed by atoms with E-state index in [1.54, 1.807) is 17.0 Å². The molecule has 0 atom stereocenters. The van der Waals surface area contributed by atoms with E-state index in [1.807, 2.05) is 12.1 Å². The van der Waals surface area contributed by atoms with E-state index in [0.29, 0.717) is 19.6 Å². The van der Waals surface area contributed by atoms with Crippen LogP contribution in [0.25, 0.3) is 17.2 Å². The molecule has 150 valence electrons. The van der Waals surface area contributed by atoms with Crippen LogP contribution in [0.3, 0.4) is 0 Å².